The fourth-order valence-corrected chi connectivity index (χ4v) is 0.688. The molecule has 0 fully saturated rings. The molecule has 0 spiro atoms. The zero-order chi connectivity index (χ0) is 9.07. The highest BCUT2D eigenvalue weighted by Crippen LogP contribution is 2.10. The minimum atomic E-state index is -1.19. The Labute approximate surface area is 70.2 Å². The van der Waals surface area contributed by atoms with E-state index in [2.05, 4.69) is 5.32 Å². The summed E-state index contributed by atoms with van der Waals surface area (Å²) in [5, 5.41) is 19.8. The van der Waals surface area contributed by atoms with Crippen molar-refractivity contribution in [2.24, 2.45) is 0 Å². The Morgan fingerprint density at radius 1 is 1.82 bits per heavy atom. The van der Waals surface area contributed by atoms with E-state index in [4.69, 9.17) is 16.7 Å². The lowest BCUT2D eigenvalue weighted by Crippen LogP contribution is -2.49. The predicted octanol–water partition coefficient (Wildman–Crippen LogP) is 0.632. The van der Waals surface area contributed by atoms with Crippen LogP contribution >= 0.6 is 11.6 Å². The molecule has 66 valence electrons. The van der Waals surface area contributed by atoms with E-state index in [9.17, 15) is 9.90 Å². The van der Waals surface area contributed by atoms with Gasteiger partial charge in [0.25, 0.3) is 0 Å². The second-order valence-corrected chi connectivity index (χ2v) is 2.93. The van der Waals surface area contributed by atoms with E-state index in [1.54, 1.807) is 6.92 Å². The monoisotopic (exact) mass is 181 g/mol. The van der Waals surface area contributed by atoms with E-state index >= 15 is 0 Å². The topological polar surface area (TPSA) is 69.6 Å². The maximum absolute atomic E-state index is 10.1. The molecule has 0 aliphatic heterocycles. The van der Waals surface area contributed by atoms with Crippen LogP contribution in [0.4, 0.5) is 4.79 Å². The number of rotatable bonds is 3. The van der Waals surface area contributed by atoms with Crippen molar-refractivity contribution in [3.05, 3.63) is 0 Å². The third-order valence-electron chi connectivity index (χ3n) is 1.54. The number of alkyl halides is 1. The number of amides is 1. The van der Waals surface area contributed by atoms with Crippen LogP contribution in [0.1, 0.15) is 13.8 Å². The van der Waals surface area contributed by atoms with Crippen LogP contribution < -0.4 is 5.32 Å². The Morgan fingerprint density at radius 2 is 2.27 bits per heavy atom. The van der Waals surface area contributed by atoms with E-state index in [0.717, 1.165) is 0 Å². The van der Waals surface area contributed by atoms with Crippen LogP contribution in [0.25, 0.3) is 0 Å². The van der Waals surface area contributed by atoms with Gasteiger partial charge in [0.2, 0.25) is 0 Å². The second-order valence-electron chi connectivity index (χ2n) is 2.66. The molecule has 0 aromatic carbocycles. The van der Waals surface area contributed by atoms with Crippen LogP contribution in [-0.2, 0) is 0 Å². The van der Waals surface area contributed by atoms with Crippen LogP contribution in [0.3, 0.4) is 0 Å². The number of carbonyl (C=O) groups is 1. The summed E-state index contributed by atoms with van der Waals surface area (Å²) in [6.45, 7) is 3.02. The first-order valence-corrected chi connectivity index (χ1v) is 3.71. The van der Waals surface area contributed by atoms with E-state index in [0.29, 0.717) is 0 Å². The van der Waals surface area contributed by atoms with Gasteiger partial charge in [-0.2, -0.15) is 0 Å². The van der Waals surface area contributed by atoms with Crippen molar-refractivity contribution in [3.63, 3.8) is 0 Å². The van der Waals surface area contributed by atoms with E-state index in [-0.39, 0.29) is 5.88 Å². The van der Waals surface area contributed by atoms with E-state index < -0.39 is 17.7 Å². The Bertz CT molecular complexity index is 149. The largest absolute Gasteiger partial charge is 0.465 e. The van der Waals surface area contributed by atoms with E-state index in [1.807, 2.05) is 0 Å². The lowest BCUT2D eigenvalue weighted by molar-refractivity contribution is 0.0477. The molecule has 4 nitrogen and oxygen atoms in total. The Morgan fingerprint density at radius 3 is 2.55 bits per heavy atom. The SMILES string of the molecule is C[C@H](NC(=O)O)[C@](C)(O)CCl. The lowest BCUT2D eigenvalue weighted by atomic mass is 10.0. The molecule has 11 heavy (non-hydrogen) atoms. The Hall–Kier alpha value is -0.480. The smallest absolute Gasteiger partial charge is 0.404 e. The van der Waals surface area contributed by atoms with Crippen molar-refractivity contribution >= 4 is 17.7 Å². The summed E-state index contributed by atoms with van der Waals surface area (Å²) >= 11 is 5.39. The molecule has 0 aliphatic carbocycles. The van der Waals surface area contributed by atoms with Crippen LogP contribution in [-0.4, -0.2) is 33.8 Å². The molecule has 2 atom stereocenters. The summed E-state index contributed by atoms with van der Waals surface area (Å²) in [7, 11) is 0. The normalized spacial score (nSPS) is 18.5. The highest BCUT2D eigenvalue weighted by molar-refractivity contribution is 6.18. The number of hydrogen-bond donors (Lipinski definition) is 3. The maximum atomic E-state index is 10.1. The van der Waals surface area contributed by atoms with Crippen molar-refractivity contribution in [1.29, 1.82) is 0 Å². The molecule has 0 aliphatic rings. The number of hydrogen-bond acceptors (Lipinski definition) is 2. The molecule has 0 aromatic rings. The Kier molecular flexibility index (Phi) is 3.62. The molecule has 0 unspecified atom stereocenters. The maximum Gasteiger partial charge on any atom is 0.404 e. The average molecular weight is 182 g/mol. The molecule has 0 bridgehead atoms. The van der Waals surface area contributed by atoms with Gasteiger partial charge < -0.3 is 15.5 Å². The molecule has 0 saturated heterocycles. The van der Waals surface area contributed by atoms with Gasteiger partial charge in [-0.3, -0.25) is 0 Å². The number of nitrogens with one attached hydrogen (secondary N) is 1. The van der Waals surface area contributed by atoms with Gasteiger partial charge in [0.15, 0.2) is 0 Å². The molecule has 5 heteroatoms. The van der Waals surface area contributed by atoms with Crippen LogP contribution in [0.5, 0.6) is 0 Å². The minimum absolute atomic E-state index is 0.00551. The van der Waals surface area contributed by atoms with Gasteiger partial charge >= 0.3 is 6.09 Å². The van der Waals surface area contributed by atoms with Gasteiger partial charge in [-0.05, 0) is 13.8 Å². The summed E-state index contributed by atoms with van der Waals surface area (Å²) in [5.41, 5.74) is -1.19. The zero-order valence-corrected chi connectivity index (χ0v) is 7.22. The van der Waals surface area contributed by atoms with Crippen molar-refractivity contribution in [1.82, 2.24) is 5.32 Å². The molecule has 0 saturated carbocycles. The molecule has 0 rings (SSSR count). The Balaban J connectivity index is 4.01. The molecular formula is C6H12ClNO3. The molecule has 1 amide bonds. The standard InChI is InChI=1S/C6H12ClNO3/c1-4(8-5(9)10)6(2,11)3-7/h4,8,11H,3H2,1-2H3,(H,9,10)/t4-,6+/m0/s1. The first-order chi connectivity index (χ1) is 4.90. The van der Waals surface area contributed by atoms with Gasteiger partial charge in [-0.25, -0.2) is 4.79 Å². The predicted molar refractivity (Wildman–Crippen MR) is 42.0 cm³/mol. The zero-order valence-electron chi connectivity index (χ0n) is 6.47. The van der Waals surface area contributed by atoms with Crippen LogP contribution in [0.15, 0.2) is 0 Å². The number of halogens is 1. The van der Waals surface area contributed by atoms with Crippen molar-refractivity contribution in [3.8, 4) is 0 Å². The summed E-state index contributed by atoms with van der Waals surface area (Å²) in [6, 6.07) is -0.572. The van der Waals surface area contributed by atoms with Gasteiger partial charge in [0, 0.05) is 0 Å². The third-order valence-corrected chi connectivity index (χ3v) is 2.08. The van der Waals surface area contributed by atoms with Crippen molar-refractivity contribution in [2.45, 2.75) is 25.5 Å². The first-order valence-electron chi connectivity index (χ1n) is 3.18. The molecule has 3 N–H and O–H groups in total. The average Bonchev–Trinajstić information content (AvgIpc) is 1.86. The summed E-state index contributed by atoms with van der Waals surface area (Å²) < 4.78 is 0. The highest BCUT2D eigenvalue weighted by Gasteiger charge is 2.28. The highest BCUT2D eigenvalue weighted by atomic mass is 35.5. The molecule has 0 radical (unpaired) electrons. The summed E-state index contributed by atoms with van der Waals surface area (Å²) in [5.74, 6) is -0.00551. The lowest BCUT2D eigenvalue weighted by Gasteiger charge is -2.27. The fourth-order valence-electron chi connectivity index (χ4n) is 0.456. The van der Waals surface area contributed by atoms with Gasteiger partial charge in [-0.1, -0.05) is 0 Å². The van der Waals surface area contributed by atoms with Crippen LogP contribution in [0.2, 0.25) is 0 Å². The second kappa shape index (κ2) is 3.78. The third kappa shape index (κ3) is 3.43. The summed E-state index contributed by atoms with van der Waals surface area (Å²) in [4.78, 5) is 10.1. The van der Waals surface area contributed by atoms with Gasteiger partial charge in [0.05, 0.1) is 17.5 Å². The van der Waals surface area contributed by atoms with Crippen LogP contribution in [0, 0.1) is 0 Å². The van der Waals surface area contributed by atoms with Gasteiger partial charge in [-0.15, -0.1) is 11.6 Å². The van der Waals surface area contributed by atoms with Gasteiger partial charge in [0.1, 0.15) is 0 Å². The van der Waals surface area contributed by atoms with Crippen molar-refractivity contribution < 1.29 is 15.0 Å². The fraction of sp³-hybridized carbons (Fsp3) is 0.833. The summed E-state index contributed by atoms with van der Waals surface area (Å²) in [6.07, 6.45) is -1.16. The minimum Gasteiger partial charge on any atom is -0.465 e. The first kappa shape index (κ1) is 10.5. The van der Waals surface area contributed by atoms with Crippen molar-refractivity contribution in [2.75, 3.05) is 5.88 Å². The molecule has 0 heterocycles. The number of carboxylic acid groups (broad SMARTS) is 1. The van der Waals surface area contributed by atoms with E-state index in [1.165, 1.54) is 6.92 Å². The molecular weight excluding hydrogens is 170 g/mol. The molecule has 0 aromatic heterocycles. The number of aliphatic hydroxyl groups is 1. The quantitative estimate of drug-likeness (QED) is 0.560.